The Morgan fingerprint density at radius 1 is 1.16 bits per heavy atom. The minimum absolute atomic E-state index is 0. The van der Waals surface area contributed by atoms with Crippen molar-refractivity contribution in [3.05, 3.63) is 24.3 Å². The largest absolute Gasteiger partial charge is 0.412 e. The van der Waals surface area contributed by atoms with Crippen molar-refractivity contribution in [2.24, 2.45) is 0 Å². The van der Waals surface area contributed by atoms with E-state index < -0.39 is 10.4 Å². The molecule has 1 aromatic rings. The molecule has 0 saturated carbocycles. The predicted molar refractivity (Wildman–Crippen MR) is 73.3 cm³/mol. The summed E-state index contributed by atoms with van der Waals surface area (Å²) in [5, 5.41) is 10.1. The molecule has 0 unspecified atom stereocenters. The Balaban J connectivity index is 0. The molecule has 0 fully saturated rings. The second kappa shape index (κ2) is 8.04. The number of nitrogen functional groups attached to an aromatic ring is 1. The topological polar surface area (TPSA) is 152 Å². The molecule has 1 rings (SSSR count). The van der Waals surface area contributed by atoms with E-state index in [0.717, 1.165) is 5.69 Å². The number of nitrogens with zero attached hydrogens (tertiary/aromatic N) is 1. The van der Waals surface area contributed by atoms with E-state index in [1.807, 2.05) is 38.1 Å². The van der Waals surface area contributed by atoms with E-state index >= 15 is 0 Å². The number of benzene rings is 1. The molecule has 8 nitrogen and oxygen atoms in total. The van der Waals surface area contributed by atoms with Crippen molar-refractivity contribution in [2.75, 3.05) is 18.8 Å². The average Bonchev–Trinajstić information content (AvgIpc) is 2.26. The minimum Gasteiger partial charge on any atom is -0.412 e. The minimum atomic E-state index is -4.67. The van der Waals surface area contributed by atoms with Crippen LogP contribution >= 0.6 is 0 Å². The molecule has 0 saturated heterocycles. The molecule has 0 aliphatic carbocycles. The summed E-state index contributed by atoms with van der Waals surface area (Å²) >= 11 is 0. The second-order valence-corrected chi connectivity index (χ2v) is 4.46. The first-order chi connectivity index (χ1) is 8.14. The molecular formula is C10H21N2O6S+. The lowest BCUT2D eigenvalue weighted by atomic mass is 10.2. The molecule has 9 heteroatoms. The lowest BCUT2D eigenvalue weighted by molar-refractivity contribution is -0.0704. The van der Waals surface area contributed by atoms with Gasteiger partial charge in [-0.1, -0.05) is 12.1 Å². The fourth-order valence-corrected chi connectivity index (χ4v) is 1.43. The van der Waals surface area contributed by atoms with Gasteiger partial charge in [-0.3, -0.25) is 9.11 Å². The standard InChI is InChI=1S/C10H17N2O.H2O4S.H2O/c1-3-12(13,4-2)10-8-6-5-7-9(10)11;1-5(2,3)4;/h5-8,13H,3-4,11H2,1-2H3;(H2,1,2,3,4);1H2/q+1;;. The Hall–Kier alpha value is -1.23. The summed E-state index contributed by atoms with van der Waals surface area (Å²) in [5.41, 5.74) is 7.21. The van der Waals surface area contributed by atoms with Crippen LogP contribution in [-0.2, 0) is 10.4 Å². The van der Waals surface area contributed by atoms with Crippen molar-refractivity contribution in [1.29, 1.82) is 0 Å². The van der Waals surface area contributed by atoms with Crippen LogP contribution in [0.15, 0.2) is 24.3 Å². The molecule has 0 bridgehead atoms. The van der Waals surface area contributed by atoms with Crippen LogP contribution in [0.5, 0.6) is 0 Å². The van der Waals surface area contributed by atoms with Gasteiger partial charge in [-0.15, -0.1) is 4.65 Å². The van der Waals surface area contributed by atoms with E-state index in [9.17, 15) is 5.21 Å². The third-order valence-electron chi connectivity index (χ3n) is 2.43. The van der Waals surface area contributed by atoms with Crippen molar-refractivity contribution in [1.82, 2.24) is 4.65 Å². The van der Waals surface area contributed by atoms with Gasteiger partial charge in [0.05, 0.1) is 5.69 Å². The molecule has 0 spiro atoms. The normalized spacial score (nSPS) is 11.0. The van der Waals surface area contributed by atoms with Crippen LogP contribution in [-0.4, -0.2) is 41.3 Å². The van der Waals surface area contributed by atoms with Crippen LogP contribution < -0.4 is 10.4 Å². The van der Waals surface area contributed by atoms with E-state index in [1.165, 1.54) is 0 Å². The molecule has 0 aliphatic heterocycles. The summed E-state index contributed by atoms with van der Waals surface area (Å²) in [6.07, 6.45) is 0. The van der Waals surface area contributed by atoms with Crippen molar-refractivity contribution < 1.29 is 28.2 Å². The highest BCUT2D eigenvalue weighted by atomic mass is 32.3. The third-order valence-corrected chi connectivity index (χ3v) is 2.43. The van der Waals surface area contributed by atoms with Crippen LogP contribution in [0.25, 0.3) is 0 Å². The predicted octanol–water partition coefficient (Wildman–Crippen LogP) is 0.528. The summed E-state index contributed by atoms with van der Waals surface area (Å²) in [6, 6.07) is 7.43. The highest BCUT2D eigenvalue weighted by Gasteiger charge is 2.26. The van der Waals surface area contributed by atoms with Gasteiger partial charge in [0.15, 0.2) is 5.69 Å². The average molecular weight is 297 g/mol. The van der Waals surface area contributed by atoms with Crippen LogP contribution in [0.4, 0.5) is 11.4 Å². The molecular weight excluding hydrogens is 276 g/mol. The van der Waals surface area contributed by atoms with E-state index in [0.29, 0.717) is 18.8 Å². The Labute approximate surface area is 112 Å². The quantitative estimate of drug-likeness (QED) is 0.276. The number of quaternary nitrogens is 1. The van der Waals surface area contributed by atoms with E-state index in [4.69, 9.17) is 23.3 Å². The van der Waals surface area contributed by atoms with E-state index in [1.54, 1.807) is 0 Å². The van der Waals surface area contributed by atoms with Gasteiger partial charge in [0.1, 0.15) is 13.1 Å². The van der Waals surface area contributed by atoms with Gasteiger partial charge in [0.2, 0.25) is 0 Å². The molecule has 7 N–H and O–H groups in total. The number of hydroxylamine groups is 2. The Morgan fingerprint density at radius 2 is 1.53 bits per heavy atom. The molecule has 0 aliphatic rings. The van der Waals surface area contributed by atoms with Gasteiger partial charge >= 0.3 is 10.4 Å². The zero-order valence-electron chi connectivity index (χ0n) is 10.8. The monoisotopic (exact) mass is 297 g/mol. The van der Waals surface area contributed by atoms with Crippen molar-refractivity contribution in [3.63, 3.8) is 0 Å². The fraction of sp³-hybridized carbons (Fsp3) is 0.400. The summed E-state index contributed by atoms with van der Waals surface area (Å²) in [7, 11) is -4.67. The maximum Gasteiger partial charge on any atom is 0.394 e. The lowest BCUT2D eigenvalue weighted by Crippen LogP contribution is -2.45. The first-order valence-corrected chi connectivity index (χ1v) is 6.68. The first kappa shape index (κ1) is 20.1. The van der Waals surface area contributed by atoms with Crippen LogP contribution in [0.2, 0.25) is 0 Å². The van der Waals surface area contributed by atoms with Gasteiger partial charge in [0, 0.05) is 6.07 Å². The maximum absolute atomic E-state index is 10.1. The zero-order valence-corrected chi connectivity index (χ0v) is 11.6. The molecule has 0 heterocycles. The number of para-hydroxylation sites is 2. The fourth-order valence-electron chi connectivity index (χ4n) is 1.43. The van der Waals surface area contributed by atoms with Gasteiger partial charge in [0.25, 0.3) is 0 Å². The Bertz CT molecular complexity index is 465. The van der Waals surface area contributed by atoms with Crippen molar-refractivity contribution >= 4 is 21.8 Å². The zero-order chi connectivity index (χ0) is 14.4. The molecule has 112 valence electrons. The van der Waals surface area contributed by atoms with Crippen LogP contribution in [0.3, 0.4) is 0 Å². The van der Waals surface area contributed by atoms with Gasteiger partial charge < -0.3 is 11.2 Å². The summed E-state index contributed by atoms with van der Waals surface area (Å²) in [4.78, 5) is 0. The molecule has 0 amide bonds. The summed E-state index contributed by atoms with van der Waals surface area (Å²) < 4.78 is 31.5. The number of hydrogen-bond donors (Lipinski definition) is 4. The van der Waals surface area contributed by atoms with Crippen molar-refractivity contribution in [2.45, 2.75) is 13.8 Å². The smallest absolute Gasteiger partial charge is 0.394 e. The van der Waals surface area contributed by atoms with Gasteiger partial charge in [-0.25, -0.2) is 5.21 Å². The summed E-state index contributed by atoms with van der Waals surface area (Å²) in [5.74, 6) is 0. The number of hydrogen-bond acceptors (Lipinski definition) is 4. The number of rotatable bonds is 3. The highest BCUT2D eigenvalue weighted by molar-refractivity contribution is 7.79. The third kappa shape index (κ3) is 7.72. The molecule has 0 radical (unpaired) electrons. The van der Waals surface area contributed by atoms with Crippen LogP contribution in [0.1, 0.15) is 13.8 Å². The first-order valence-electron chi connectivity index (χ1n) is 5.28. The SMILES string of the molecule is CC[N+](O)(CC)c1ccccc1N.O.O=S(=O)(O)O. The number of nitrogens with two attached hydrogens (primary N) is 1. The Kier molecular flexibility index (Phi) is 8.51. The van der Waals surface area contributed by atoms with Crippen molar-refractivity contribution in [3.8, 4) is 0 Å². The maximum atomic E-state index is 10.1. The van der Waals surface area contributed by atoms with E-state index in [2.05, 4.69) is 0 Å². The second-order valence-electron chi connectivity index (χ2n) is 3.56. The van der Waals surface area contributed by atoms with Gasteiger partial charge in [-0.2, -0.15) is 8.42 Å². The molecule has 0 atom stereocenters. The molecule has 19 heavy (non-hydrogen) atoms. The lowest BCUT2D eigenvalue weighted by Gasteiger charge is -2.27. The molecule has 0 aromatic heterocycles. The molecule has 1 aromatic carbocycles. The summed E-state index contributed by atoms with van der Waals surface area (Å²) in [6.45, 7) is 5.14. The Morgan fingerprint density at radius 3 is 1.84 bits per heavy atom. The van der Waals surface area contributed by atoms with Gasteiger partial charge in [-0.05, 0) is 19.9 Å². The van der Waals surface area contributed by atoms with Crippen LogP contribution in [0, 0.1) is 0 Å². The van der Waals surface area contributed by atoms with E-state index in [-0.39, 0.29) is 10.1 Å². The number of anilines is 1. The highest BCUT2D eigenvalue weighted by Crippen LogP contribution is 2.26.